The molecule has 0 spiro atoms. The molecule has 0 aliphatic heterocycles. The number of methoxy groups -OCH3 is 1. The molecule has 1 N–H and O–H groups in total. The van der Waals surface area contributed by atoms with Crippen LogP contribution in [-0.2, 0) is 10.0 Å². The van der Waals surface area contributed by atoms with Gasteiger partial charge in [0.15, 0.2) is 11.5 Å². The summed E-state index contributed by atoms with van der Waals surface area (Å²) in [6.07, 6.45) is 0. The lowest BCUT2D eigenvalue weighted by Gasteiger charge is -2.18. The van der Waals surface area contributed by atoms with Crippen LogP contribution in [0.25, 0.3) is 0 Å². The Bertz CT molecular complexity index is 886. The zero-order chi connectivity index (χ0) is 20.0. The molecule has 0 aromatic heterocycles. The highest BCUT2D eigenvalue weighted by Crippen LogP contribution is 2.32. The van der Waals surface area contributed by atoms with E-state index in [1.165, 1.54) is 25.3 Å². The molecule has 0 amide bonds. The van der Waals surface area contributed by atoms with Gasteiger partial charge in [0.1, 0.15) is 5.75 Å². The maximum absolute atomic E-state index is 12.7. The lowest BCUT2D eigenvalue weighted by molar-refractivity contribution is 0.287. The van der Waals surface area contributed by atoms with E-state index >= 15 is 0 Å². The first-order valence-electron chi connectivity index (χ1n) is 8.57. The molecule has 0 radical (unpaired) electrons. The number of hydrogen-bond acceptors (Lipinski definition) is 5. The van der Waals surface area contributed by atoms with Gasteiger partial charge >= 0.3 is 0 Å². The van der Waals surface area contributed by atoms with E-state index < -0.39 is 16.1 Å². The van der Waals surface area contributed by atoms with E-state index in [2.05, 4.69) is 4.72 Å². The van der Waals surface area contributed by atoms with Crippen molar-refractivity contribution < 1.29 is 22.6 Å². The van der Waals surface area contributed by atoms with Crippen LogP contribution in [0.4, 0.5) is 0 Å². The van der Waals surface area contributed by atoms with Crippen molar-refractivity contribution in [3.63, 3.8) is 0 Å². The second kappa shape index (κ2) is 9.30. The van der Waals surface area contributed by atoms with Gasteiger partial charge in [-0.2, -0.15) is 0 Å². The highest BCUT2D eigenvalue weighted by molar-refractivity contribution is 7.89. The normalized spacial score (nSPS) is 12.5. The lowest BCUT2D eigenvalue weighted by atomic mass is 10.1. The fourth-order valence-electron chi connectivity index (χ4n) is 2.52. The van der Waals surface area contributed by atoms with E-state index in [1.54, 1.807) is 19.1 Å². The van der Waals surface area contributed by atoms with Crippen LogP contribution < -0.4 is 18.9 Å². The summed E-state index contributed by atoms with van der Waals surface area (Å²) in [5.74, 6) is 1.62. The zero-order valence-electron chi connectivity index (χ0n) is 15.8. The number of nitrogens with one attached hydrogen (secondary N) is 1. The van der Waals surface area contributed by atoms with Gasteiger partial charge in [-0.05, 0) is 56.7 Å². The van der Waals surface area contributed by atoms with E-state index in [4.69, 9.17) is 25.8 Å². The molecule has 8 heteroatoms. The van der Waals surface area contributed by atoms with Crippen molar-refractivity contribution in [1.82, 2.24) is 4.72 Å². The maximum atomic E-state index is 12.7. The zero-order valence-corrected chi connectivity index (χ0v) is 17.4. The van der Waals surface area contributed by atoms with Gasteiger partial charge in [0.05, 0.1) is 30.2 Å². The van der Waals surface area contributed by atoms with Gasteiger partial charge in [0, 0.05) is 6.04 Å². The molecule has 148 valence electrons. The van der Waals surface area contributed by atoms with E-state index in [1.807, 2.05) is 19.9 Å². The molecule has 0 aliphatic carbocycles. The van der Waals surface area contributed by atoms with Crippen molar-refractivity contribution >= 4 is 21.6 Å². The predicted octanol–water partition coefficient (Wildman–Crippen LogP) is 4.19. The highest BCUT2D eigenvalue weighted by Gasteiger charge is 2.21. The Morgan fingerprint density at radius 2 is 1.63 bits per heavy atom. The predicted molar refractivity (Wildman–Crippen MR) is 106 cm³/mol. The molecule has 6 nitrogen and oxygen atoms in total. The minimum Gasteiger partial charge on any atom is -0.495 e. The number of rotatable bonds is 9. The third-order valence-electron chi connectivity index (χ3n) is 3.83. The topological polar surface area (TPSA) is 73.9 Å². The molecule has 0 unspecified atom stereocenters. The lowest BCUT2D eigenvalue weighted by Crippen LogP contribution is -2.27. The Morgan fingerprint density at radius 3 is 2.22 bits per heavy atom. The summed E-state index contributed by atoms with van der Waals surface area (Å²) in [5, 5.41) is 0.229. The van der Waals surface area contributed by atoms with Crippen LogP contribution in [0.3, 0.4) is 0 Å². The van der Waals surface area contributed by atoms with Crippen LogP contribution in [-0.4, -0.2) is 28.7 Å². The number of halogens is 1. The second-order valence-electron chi connectivity index (χ2n) is 5.71. The molecule has 0 fully saturated rings. The smallest absolute Gasteiger partial charge is 0.241 e. The summed E-state index contributed by atoms with van der Waals surface area (Å²) in [5.41, 5.74) is 0.755. The Labute approximate surface area is 165 Å². The summed E-state index contributed by atoms with van der Waals surface area (Å²) >= 11 is 6.04. The van der Waals surface area contributed by atoms with Crippen LogP contribution >= 0.6 is 11.6 Å². The van der Waals surface area contributed by atoms with Crippen molar-refractivity contribution in [2.45, 2.75) is 31.7 Å². The summed E-state index contributed by atoms with van der Waals surface area (Å²) in [4.78, 5) is 0.0659. The van der Waals surface area contributed by atoms with E-state index in [0.29, 0.717) is 30.5 Å². The van der Waals surface area contributed by atoms with Gasteiger partial charge in [0.25, 0.3) is 0 Å². The Balaban J connectivity index is 2.26. The molecule has 0 bridgehead atoms. The Morgan fingerprint density at radius 1 is 1.00 bits per heavy atom. The van der Waals surface area contributed by atoms with Gasteiger partial charge in [0.2, 0.25) is 10.0 Å². The van der Waals surface area contributed by atoms with E-state index in [-0.39, 0.29) is 9.92 Å². The molecule has 27 heavy (non-hydrogen) atoms. The second-order valence-corrected chi connectivity index (χ2v) is 7.83. The van der Waals surface area contributed by atoms with Crippen molar-refractivity contribution in [3.05, 3.63) is 47.0 Å². The van der Waals surface area contributed by atoms with Gasteiger partial charge < -0.3 is 14.2 Å². The summed E-state index contributed by atoms with van der Waals surface area (Å²) in [6, 6.07) is 9.21. The molecular formula is C19H24ClNO5S. The molecular weight excluding hydrogens is 390 g/mol. The molecule has 0 aliphatic rings. The number of benzene rings is 2. The van der Waals surface area contributed by atoms with Crippen LogP contribution in [0.1, 0.15) is 32.4 Å². The third-order valence-corrected chi connectivity index (χ3v) is 5.67. The van der Waals surface area contributed by atoms with Gasteiger partial charge in [-0.1, -0.05) is 17.7 Å². The molecule has 0 saturated carbocycles. The van der Waals surface area contributed by atoms with E-state index in [0.717, 1.165) is 5.56 Å². The van der Waals surface area contributed by atoms with Gasteiger partial charge in [-0.15, -0.1) is 0 Å². The average molecular weight is 414 g/mol. The first-order chi connectivity index (χ1) is 12.8. The van der Waals surface area contributed by atoms with Gasteiger partial charge in [-0.3, -0.25) is 0 Å². The van der Waals surface area contributed by atoms with E-state index in [9.17, 15) is 8.42 Å². The molecule has 2 rings (SSSR count). The first-order valence-corrected chi connectivity index (χ1v) is 10.4. The fourth-order valence-corrected chi connectivity index (χ4v) is 4.10. The Kier molecular flexibility index (Phi) is 7.35. The quantitative estimate of drug-likeness (QED) is 0.667. The van der Waals surface area contributed by atoms with Crippen LogP contribution in [0.15, 0.2) is 41.3 Å². The number of ether oxygens (including phenoxy) is 3. The monoisotopic (exact) mass is 413 g/mol. The summed E-state index contributed by atoms with van der Waals surface area (Å²) in [7, 11) is -2.29. The minimum absolute atomic E-state index is 0.0659. The Hall–Kier alpha value is -1.96. The minimum atomic E-state index is -3.76. The SMILES string of the molecule is CCOc1ccc([C@H](C)NS(=O)(=O)c2ccc(OC)c(Cl)c2)cc1OCC. The molecule has 2 aromatic carbocycles. The first kappa shape index (κ1) is 21.3. The average Bonchev–Trinajstić information content (AvgIpc) is 2.63. The van der Waals surface area contributed by atoms with Crippen LogP contribution in [0.5, 0.6) is 17.2 Å². The van der Waals surface area contributed by atoms with Gasteiger partial charge in [-0.25, -0.2) is 13.1 Å². The number of hydrogen-bond donors (Lipinski definition) is 1. The standard InChI is InChI=1S/C19H24ClNO5S/c1-5-25-18-9-7-14(11-19(18)26-6-2)13(3)21-27(22,23)15-8-10-17(24-4)16(20)12-15/h7-13,21H,5-6H2,1-4H3/t13-/m0/s1. The summed E-state index contributed by atoms with van der Waals surface area (Å²) in [6.45, 7) is 6.52. The molecule has 0 saturated heterocycles. The maximum Gasteiger partial charge on any atom is 0.241 e. The van der Waals surface area contributed by atoms with Crippen molar-refractivity contribution in [2.24, 2.45) is 0 Å². The third kappa shape index (κ3) is 5.28. The van der Waals surface area contributed by atoms with Crippen molar-refractivity contribution in [1.29, 1.82) is 0 Å². The molecule has 2 aromatic rings. The van der Waals surface area contributed by atoms with Crippen LogP contribution in [0.2, 0.25) is 5.02 Å². The summed E-state index contributed by atoms with van der Waals surface area (Å²) < 4.78 is 44.2. The van der Waals surface area contributed by atoms with Crippen molar-refractivity contribution in [2.75, 3.05) is 20.3 Å². The van der Waals surface area contributed by atoms with Crippen molar-refractivity contribution in [3.8, 4) is 17.2 Å². The highest BCUT2D eigenvalue weighted by atomic mass is 35.5. The largest absolute Gasteiger partial charge is 0.495 e. The van der Waals surface area contributed by atoms with Crippen LogP contribution in [0, 0.1) is 0 Å². The molecule has 0 heterocycles. The molecule has 1 atom stereocenters. The fraction of sp³-hybridized carbons (Fsp3) is 0.368. The number of sulfonamides is 1.